The van der Waals surface area contributed by atoms with E-state index in [1.807, 2.05) is 4.72 Å². The number of anilines is 1. The first-order valence-electron chi connectivity index (χ1n) is 10.3. The molecule has 3 heterocycles. The van der Waals surface area contributed by atoms with Gasteiger partial charge in [0, 0.05) is 31.9 Å². The summed E-state index contributed by atoms with van der Waals surface area (Å²) in [6, 6.07) is 8.26. The Labute approximate surface area is 190 Å². The molecule has 1 atom stereocenters. The third-order valence-corrected chi connectivity index (χ3v) is 6.76. The molecule has 0 saturated carbocycles. The number of ether oxygens (including phenoxy) is 2. The number of nitrogens with one attached hydrogen (secondary N) is 2. The minimum Gasteiger partial charge on any atom is -0.378 e. The van der Waals surface area contributed by atoms with Gasteiger partial charge in [0.1, 0.15) is 11.4 Å². The Morgan fingerprint density at radius 3 is 2.76 bits per heavy atom. The van der Waals surface area contributed by atoms with Crippen molar-refractivity contribution in [2.24, 2.45) is 0 Å². The zero-order chi connectivity index (χ0) is 23.4. The Balaban J connectivity index is 1.44. The standard InChI is InChI=1S/C20H23N5O7S/c26-20(18-3-1-2-6-21-18)23-33(29,30)16-4-5-17(19(9-16)25(27)28)22-10-15-11-24(7-8-32-15)14-12-31-13-14/h1-6,9,14-15,22H,7-8,10-13H2,(H,23,26). The number of aromatic nitrogens is 1. The highest BCUT2D eigenvalue weighted by atomic mass is 32.2. The second-order valence-electron chi connectivity index (χ2n) is 7.65. The van der Waals surface area contributed by atoms with Gasteiger partial charge in [-0.25, -0.2) is 13.1 Å². The molecule has 0 bridgehead atoms. The summed E-state index contributed by atoms with van der Waals surface area (Å²) in [4.78, 5) is 28.8. The van der Waals surface area contributed by atoms with Gasteiger partial charge in [-0.15, -0.1) is 0 Å². The Kier molecular flexibility index (Phi) is 6.83. The highest BCUT2D eigenvalue weighted by molar-refractivity contribution is 7.90. The molecule has 1 aromatic carbocycles. The first-order chi connectivity index (χ1) is 15.8. The van der Waals surface area contributed by atoms with Crippen LogP contribution in [0, 0.1) is 10.1 Å². The number of nitro groups is 1. The van der Waals surface area contributed by atoms with Crippen LogP contribution in [0.5, 0.6) is 0 Å². The van der Waals surface area contributed by atoms with Crippen molar-refractivity contribution in [2.45, 2.75) is 17.0 Å². The van der Waals surface area contributed by atoms with E-state index in [4.69, 9.17) is 9.47 Å². The number of morpholine rings is 1. The molecule has 2 N–H and O–H groups in total. The van der Waals surface area contributed by atoms with E-state index in [9.17, 15) is 23.3 Å². The average Bonchev–Trinajstić information content (AvgIpc) is 2.77. The molecule has 0 spiro atoms. The SMILES string of the molecule is O=C(NS(=O)(=O)c1ccc(NCC2CN(C3COC3)CCO2)c([N+](=O)[O-])c1)c1ccccn1. The number of sulfonamides is 1. The Morgan fingerprint density at radius 2 is 2.09 bits per heavy atom. The van der Waals surface area contributed by atoms with Crippen molar-refractivity contribution in [2.75, 3.05) is 44.8 Å². The molecule has 13 heteroatoms. The van der Waals surface area contributed by atoms with Gasteiger partial charge in [0.2, 0.25) is 0 Å². The fraction of sp³-hybridized carbons (Fsp3) is 0.400. The van der Waals surface area contributed by atoms with Crippen molar-refractivity contribution >= 4 is 27.3 Å². The highest BCUT2D eigenvalue weighted by Gasteiger charge is 2.31. The van der Waals surface area contributed by atoms with Crippen molar-refractivity contribution in [3.05, 3.63) is 58.4 Å². The molecule has 0 aliphatic carbocycles. The number of carbonyl (C=O) groups excluding carboxylic acids is 1. The topological polar surface area (TPSA) is 153 Å². The predicted octanol–water partition coefficient (Wildman–Crippen LogP) is 0.620. The van der Waals surface area contributed by atoms with Crippen LogP contribution in [0.4, 0.5) is 11.4 Å². The van der Waals surface area contributed by atoms with Gasteiger partial charge in [0.15, 0.2) is 0 Å². The van der Waals surface area contributed by atoms with E-state index in [1.54, 1.807) is 6.07 Å². The van der Waals surface area contributed by atoms with Crippen molar-refractivity contribution < 1.29 is 27.6 Å². The van der Waals surface area contributed by atoms with Gasteiger partial charge in [-0.2, -0.15) is 0 Å². The van der Waals surface area contributed by atoms with Crippen LogP contribution in [0.15, 0.2) is 47.5 Å². The summed E-state index contributed by atoms with van der Waals surface area (Å²) in [5.41, 5.74) is -0.366. The quantitative estimate of drug-likeness (QED) is 0.409. The second kappa shape index (κ2) is 9.79. The number of carbonyl (C=O) groups is 1. The van der Waals surface area contributed by atoms with E-state index >= 15 is 0 Å². The number of nitro benzene ring substituents is 1. The average molecular weight is 477 g/mol. The van der Waals surface area contributed by atoms with Crippen LogP contribution in [-0.4, -0.2) is 80.7 Å². The zero-order valence-corrected chi connectivity index (χ0v) is 18.4. The lowest BCUT2D eigenvalue weighted by Gasteiger charge is -2.42. The van der Waals surface area contributed by atoms with Crippen LogP contribution in [0.25, 0.3) is 0 Å². The molecule has 1 aromatic heterocycles. The summed E-state index contributed by atoms with van der Waals surface area (Å²) in [7, 11) is -4.34. The highest BCUT2D eigenvalue weighted by Crippen LogP contribution is 2.28. The summed E-state index contributed by atoms with van der Waals surface area (Å²) < 4.78 is 38.1. The van der Waals surface area contributed by atoms with Gasteiger partial charge in [-0.05, 0) is 24.3 Å². The molecule has 4 rings (SSSR count). The Hall–Kier alpha value is -3.13. The number of benzene rings is 1. The van der Waals surface area contributed by atoms with Gasteiger partial charge < -0.3 is 14.8 Å². The van der Waals surface area contributed by atoms with Crippen LogP contribution < -0.4 is 10.0 Å². The van der Waals surface area contributed by atoms with Crippen LogP contribution >= 0.6 is 0 Å². The van der Waals surface area contributed by atoms with Crippen LogP contribution in [-0.2, 0) is 19.5 Å². The molecule has 12 nitrogen and oxygen atoms in total. The molecule has 176 valence electrons. The van der Waals surface area contributed by atoms with Crippen LogP contribution in [0.3, 0.4) is 0 Å². The second-order valence-corrected chi connectivity index (χ2v) is 9.33. The molecule has 2 fully saturated rings. The maximum absolute atomic E-state index is 12.6. The van der Waals surface area contributed by atoms with E-state index in [1.165, 1.54) is 30.5 Å². The summed E-state index contributed by atoms with van der Waals surface area (Å²) in [6.07, 6.45) is 1.17. The molecule has 0 radical (unpaired) electrons. The smallest absolute Gasteiger partial charge is 0.293 e. The van der Waals surface area contributed by atoms with E-state index < -0.39 is 31.4 Å². The summed E-state index contributed by atoms with van der Waals surface area (Å²) >= 11 is 0. The van der Waals surface area contributed by atoms with E-state index in [-0.39, 0.29) is 17.5 Å². The summed E-state index contributed by atoms with van der Waals surface area (Å²) in [6.45, 7) is 3.73. The van der Waals surface area contributed by atoms with Gasteiger partial charge in [0.05, 0.1) is 41.8 Å². The number of hydrogen-bond acceptors (Lipinski definition) is 10. The van der Waals surface area contributed by atoms with Gasteiger partial charge >= 0.3 is 0 Å². The lowest BCUT2D eigenvalue weighted by atomic mass is 10.1. The number of pyridine rings is 1. The molecular formula is C20H23N5O7S. The molecule has 2 aromatic rings. The normalized spacial score (nSPS) is 19.5. The Bertz CT molecular complexity index is 1120. The Morgan fingerprint density at radius 1 is 1.27 bits per heavy atom. The van der Waals surface area contributed by atoms with Gasteiger partial charge in [-0.3, -0.25) is 24.8 Å². The molecule has 1 unspecified atom stereocenters. The fourth-order valence-corrected chi connectivity index (χ4v) is 4.55. The first-order valence-corrected chi connectivity index (χ1v) is 11.8. The number of nitrogens with zero attached hydrogens (tertiary/aromatic N) is 3. The monoisotopic (exact) mass is 477 g/mol. The lowest BCUT2D eigenvalue weighted by Crippen LogP contribution is -2.56. The van der Waals surface area contributed by atoms with E-state index in [0.717, 1.165) is 12.6 Å². The maximum Gasteiger partial charge on any atom is 0.293 e. The van der Waals surface area contributed by atoms with Crippen molar-refractivity contribution in [1.29, 1.82) is 0 Å². The zero-order valence-electron chi connectivity index (χ0n) is 17.5. The molecule has 33 heavy (non-hydrogen) atoms. The van der Waals surface area contributed by atoms with E-state index in [0.29, 0.717) is 39.0 Å². The van der Waals surface area contributed by atoms with Crippen LogP contribution in [0.1, 0.15) is 10.5 Å². The first kappa shape index (κ1) is 23.0. The number of rotatable bonds is 8. The molecule has 1 amide bonds. The minimum atomic E-state index is -4.34. The molecule has 2 aliphatic rings. The van der Waals surface area contributed by atoms with Crippen molar-refractivity contribution in [3.63, 3.8) is 0 Å². The van der Waals surface area contributed by atoms with Gasteiger partial charge in [-0.1, -0.05) is 6.07 Å². The van der Waals surface area contributed by atoms with Crippen molar-refractivity contribution in [1.82, 2.24) is 14.6 Å². The number of amides is 1. The summed E-state index contributed by atoms with van der Waals surface area (Å²) in [5, 5.41) is 14.6. The van der Waals surface area contributed by atoms with E-state index in [2.05, 4.69) is 15.2 Å². The molecule has 2 saturated heterocycles. The number of hydrogen-bond donors (Lipinski definition) is 2. The van der Waals surface area contributed by atoms with Gasteiger partial charge in [0.25, 0.3) is 21.6 Å². The van der Waals surface area contributed by atoms with Crippen LogP contribution in [0.2, 0.25) is 0 Å². The third-order valence-electron chi connectivity index (χ3n) is 5.43. The molecule has 2 aliphatic heterocycles. The minimum absolute atomic E-state index is 0.0937. The third kappa shape index (κ3) is 5.45. The largest absolute Gasteiger partial charge is 0.378 e. The predicted molar refractivity (Wildman–Crippen MR) is 116 cm³/mol. The molecular weight excluding hydrogens is 454 g/mol. The van der Waals surface area contributed by atoms with Crippen molar-refractivity contribution in [3.8, 4) is 0 Å². The fourth-order valence-electron chi connectivity index (χ4n) is 3.56. The summed E-state index contributed by atoms with van der Waals surface area (Å²) in [5.74, 6) is -0.934. The lowest BCUT2D eigenvalue weighted by molar-refractivity contribution is -0.384. The maximum atomic E-state index is 12.6.